The molecule has 1 N–H and O–H groups in total. The number of sulfonamides is 1. The highest BCUT2D eigenvalue weighted by atomic mass is 32.2. The monoisotopic (exact) mass is 388 g/mol. The SMILES string of the molecule is CC(NS(=O)(=O)c1ccccc1F)C(=O)OCc1ccc2ccccc2n1. The Morgan fingerprint density at radius 3 is 2.59 bits per heavy atom. The molecule has 6 nitrogen and oxygen atoms in total. The molecule has 3 rings (SSSR count). The van der Waals surface area contributed by atoms with E-state index in [4.69, 9.17) is 4.74 Å². The van der Waals surface area contributed by atoms with E-state index in [0.717, 1.165) is 23.0 Å². The van der Waals surface area contributed by atoms with Crippen molar-refractivity contribution in [3.05, 3.63) is 72.2 Å². The van der Waals surface area contributed by atoms with Crippen molar-refractivity contribution in [1.82, 2.24) is 9.71 Å². The Morgan fingerprint density at radius 1 is 1.11 bits per heavy atom. The van der Waals surface area contributed by atoms with Crippen molar-refractivity contribution in [3.63, 3.8) is 0 Å². The van der Waals surface area contributed by atoms with Gasteiger partial charge in [-0.05, 0) is 31.2 Å². The van der Waals surface area contributed by atoms with E-state index in [1.807, 2.05) is 30.3 Å². The van der Waals surface area contributed by atoms with Gasteiger partial charge in [0.25, 0.3) is 0 Å². The fourth-order valence-corrected chi connectivity index (χ4v) is 3.74. The Kier molecular flexibility index (Phi) is 5.48. The number of benzene rings is 2. The quantitative estimate of drug-likeness (QED) is 0.657. The molecule has 0 aliphatic heterocycles. The summed E-state index contributed by atoms with van der Waals surface area (Å²) in [7, 11) is -4.19. The number of esters is 1. The van der Waals surface area contributed by atoms with Gasteiger partial charge in [-0.1, -0.05) is 36.4 Å². The van der Waals surface area contributed by atoms with Crippen LogP contribution in [0, 0.1) is 5.82 Å². The minimum absolute atomic E-state index is 0.102. The Labute approximate surface area is 156 Å². The molecule has 3 aromatic rings. The van der Waals surface area contributed by atoms with Crippen LogP contribution in [-0.4, -0.2) is 25.4 Å². The number of hydrogen-bond donors (Lipinski definition) is 1. The Hall–Kier alpha value is -2.84. The van der Waals surface area contributed by atoms with Crippen molar-refractivity contribution in [2.24, 2.45) is 0 Å². The Bertz CT molecular complexity index is 1090. The second kappa shape index (κ2) is 7.81. The first-order chi connectivity index (χ1) is 12.9. The van der Waals surface area contributed by atoms with Gasteiger partial charge in [-0.2, -0.15) is 4.72 Å². The van der Waals surface area contributed by atoms with E-state index < -0.39 is 32.7 Å². The maximum absolute atomic E-state index is 13.7. The zero-order valence-electron chi connectivity index (χ0n) is 14.4. The van der Waals surface area contributed by atoms with Gasteiger partial charge in [0.2, 0.25) is 10.0 Å². The molecule has 0 saturated heterocycles. The van der Waals surface area contributed by atoms with Crippen LogP contribution in [0.2, 0.25) is 0 Å². The third kappa shape index (κ3) is 4.47. The van der Waals surface area contributed by atoms with Crippen LogP contribution < -0.4 is 4.72 Å². The van der Waals surface area contributed by atoms with E-state index in [9.17, 15) is 17.6 Å². The normalized spacial score (nSPS) is 12.7. The third-order valence-electron chi connectivity index (χ3n) is 3.83. The average molecular weight is 388 g/mol. The van der Waals surface area contributed by atoms with Crippen LogP contribution >= 0.6 is 0 Å². The van der Waals surface area contributed by atoms with Crippen molar-refractivity contribution in [1.29, 1.82) is 0 Å². The summed E-state index contributed by atoms with van der Waals surface area (Å²) in [5, 5.41) is 0.957. The molecule has 0 fully saturated rings. The molecule has 2 aromatic carbocycles. The van der Waals surface area contributed by atoms with Crippen LogP contribution in [0.5, 0.6) is 0 Å². The zero-order valence-corrected chi connectivity index (χ0v) is 15.2. The summed E-state index contributed by atoms with van der Waals surface area (Å²) in [5.74, 6) is -1.68. The van der Waals surface area contributed by atoms with Crippen LogP contribution in [-0.2, 0) is 26.2 Å². The van der Waals surface area contributed by atoms with Gasteiger partial charge in [0, 0.05) is 5.39 Å². The first-order valence-electron chi connectivity index (χ1n) is 8.15. The van der Waals surface area contributed by atoms with Gasteiger partial charge in [0.05, 0.1) is 11.2 Å². The van der Waals surface area contributed by atoms with Crippen LogP contribution in [0.15, 0.2) is 65.6 Å². The van der Waals surface area contributed by atoms with Crippen molar-refractivity contribution >= 4 is 26.9 Å². The highest BCUT2D eigenvalue weighted by Crippen LogP contribution is 2.15. The first-order valence-corrected chi connectivity index (χ1v) is 9.63. The number of nitrogens with one attached hydrogen (secondary N) is 1. The molecule has 0 amide bonds. The minimum atomic E-state index is -4.19. The molecular weight excluding hydrogens is 371 g/mol. The Morgan fingerprint density at radius 2 is 1.81 bits per heavy atom. The molecule has 0 aliphatic carbocycles. The molecule has 0 bridgehead atoms. The predicted octanol–water partition coefficient (Wildman–Crippen LogP) is 2.78. The van der Waals surface area contributed by atoms with E-state index in [1.54, 1.807) is 6.07 Å². The lowest BCUT2D eigenvalue weighted by Gasteiger charge is -2.14. The van der Waals surface area contributed by atoms with Crippen LogP contribution in [0.25, 0.3) is 10.9 Å². The largest absolute Gasteiger partial charge is 0.458 e. The lowest BCUT2D eigenvalue weighted by Crippen LogP contribution is -2.39. The van der Waals surface area contributed by atoms with Crippen molar-refractivity contribution in [2.75, 3.05) is 0 Å². The fourth-order valence-electron chi connectivity index (χ4n) is 2.47. The number of aromatic nitrogens is 1. The maximum Gasteiger partial charge on any atom is 0.324 e. The standard InChI is InChI=1S/C19H17FN2O4S/c1-13(22-27(24,25)18-9-5-3-7-16(18)20)19(23)26-12-15-11-10-14-6-2-4-8-17(14)21-15/h2-11,13,22H,12H2,1H3. The minimum Gasteiger partial charge on any atom is -0.458 e. The summed E-state index contributed by atoms with van der Waals surface area (Å²) in [4.78, 5) is 16.0. The van der Waals surface area contributed by atoms with Gasteiger partial charge in [-0.15, -0.1) is 0 Å². The van der Waals surface area contributed by atoms with Gasteiger partial charge in [0.15, 0.2) is 0 Å². The molecule has 0 radical (unpaired) electrons. The summed E-state index contributed by atoms with van der Waals surface area (Å²) in [6.45, 7) is 1.23. The number of fused-ring (bicyclic) bond motifs is 1. The van der Waals surface area contributed by atoms with Gasteiger partial charge in [-0.25, -0.2) is 17.8 Å². The number of halogens is 1. The van der Waals surface area contributed by atoms with Gasteiger partial charge >= 0.3 is 5.97 Å². The summed E-state index contributed by atoms with van der Waals surface area (Å²) in [5.41, 5.74) is 1.30. The lowest BCUT2D eigenvalue weighted by atomic mass is 10.2. The second-order valence-electron chi connectivity index (χ2n) is 5.88. The molecule has 1 heterocycles. The third-order valence-corrected chi connectivity index (χ3v) is 5.40. The molecule has 27 heavy (non-hydrogen) atoms. The summed E-state index contributed by atoms with van der Waals surface area (Å²) < 4.78 is 45.4. The van der Waals surface area contributed by atoms with Crippen LogP contribution in [0.3, 0.4) is 0 Å². The summed E-state index contributed by atoms with van der Waals surface area (Å²) in [6, 6.07) is 14.8. The van der Waals surface area contributed by atoms with Crippen molar-refractivity contribution < 1.29 is 22.3 Å². The maximum atomic E-state index is 13.7. The summed E-state index contributed by atoms with van der Waals surface area (Å²) in [6.07, 6.45) is 0. The van der Waals surface area contributed by atoms with Crippen molar-refractivity contribution in [2.45, 2.75) is 24.5 Å². The second-order valence-corrected chi connectivity index (χ2v) is 7.56. The number of carbonyl (C=O) groups is 1. The molecule has 1 atom stereocenters. The smallest absolute Gasteiger partial charge is 0.324 e. The van der Waals surface area contributed by atoms with Gasteiger partial charge < -0.3 is 4.74 Å². The molecule has 1 aromatic heterocycles. The molecular formula is C19H17FN2O4S. The number of pyridine rings is 1. The predicted molar refractivity (Wildman–Crippen MR) is 97.7 cm³/mol. The number of hydrogen-bond acceptors (Lipinski definition) is 5. The molecule has 0 aliphatic rings. The first kappa shape index (κ1) is 18.9. The van der Waals surface area contributed by atoms with Gasteiger partial charge in [0.1, 0.15) is 23.4 Å². The average Bonchev–Trinajstić information content (AvgIpc) is 2.65. The lowest BCUT2D eigenvalue weighted by molar-refractivity contribution is -0.146. The van der Waals surface area contributed by atoms with E-state index in [-0.39, 0.29) is 6.61 Å². The highest BCUT2D eigenvalue weighted by Gasteiger charge is 2.25. The van der Waals surface area contributed by atoms with E-state index >= 15 is 0 Å². The zero-order chi connectivity index (χ0) is 19.4. The molecule has 8 heteroatoms. The molecule has 0 saturated carbocycles. The van der Waals surface area contributed by atoms with E-state index in [1.165, 1.54) is 19.1 Å². The van der Waals surface area contributed by atoms with Crippen LogP contribution in [0.4, 0.5) is 4.39 Å². The van der Waals surface area contributed by atoms with E-state index in [0.29, 0.717) is 5.69 Å². The fraction of sp³-hybridized carbons (Fsp3) is 0.158. The topological polar surface area (TPSA) is 85.4 Å². The highest BCUT2D eigenvalue weighted by molar-refractivity contribution is 7.89. The summed E-state index contributed by atoms with van der Waals surface area (Å²) >= 11 is 0. The number of carbonyl (C=O) groups excluding carboxylic acids is 1. The van der Waals surface area contributed by atoms with Crippen molar-refractivity contribution in [3.8, 4) is 0 Å². The molecule has 140 valence electrons. The van der Waals surface area contributed by atoms with Gasteiger partial charge in [-0.3, -0.25) is 4.79 Å². The molecule has 1 unspecified atom stereocenters. The van der Waals surface area contributed by atoms with E-state index in [2.05, 4.69) is 9.71 Å². The number of para-hydroxylation sites is 1. The number of nitrogens with zero attached hydrogens (tertiary/aromatic N) is 1. The number of ether oxygens (including phenoxy) is 1. The Balaban J connectivity index is 1.64. The molecule has 0 spiro atoms. The van der Waals surface area contributed by atoms with Crippen LogP contribution in [0.1, 0.15) is 12.6 Å². The number of rotatable bonds is 6.